The highest BCUT2D eigenvalue weighted by molar-refractivity contribution is 7.99. The SMILES string of the molecule is Cc1cc(Sc2ccc(Cl)cc2)c2ncc(CSCCc3ccccc3)n2c1. The second-order valence-corrected chi connectivity index (χ2v) is 9.33. The van der Waals surface area contributed by atoms with Crippen LogP contribution >= 0.6 is 35.1 Å². The summed E-state index contributed by atoms with van der Waals surface area (Å²) < 4.78 is 2.24. The van der Waals surface area contributed by atoms with E-state index in [1.807, 2.05) is 30.1 Å². The molecule has 0 radical (unpaired) electrons. The van der Waals surface area contributed by atoms with Gasteiger partial charge in [0.15, 0.2) is 5.65 Å². The molecule has 0 spiro atoms. The van der Waals surface area contributed by atoms with Crippen LogP contribution in [0.1, 0.15) is 16.8 Å². The monoisotopic (exact) mass is 424 g/mol. The van der Waals surface area contributed by atoms with Gasteiger partial charge in [-0.05, 0) is 60.6 Å². The highest BCUT2D eigenvalue weighted by Crippen LogP contribution is 2.32. The summed E-state index contributed by atoms with van der Waals surface area (Å²) in [4.78, 5) is 7.05. The first-order valence-corrected chi connectivity index (χ1v) is 11.6. The molecule has 2 aromatic carbocycles. The molecule has 0 bridgehead atoms. The van der Waals surface area contributed by atoms with Gasteiger partial charge in [-0.3, -0.25) is 0 Å². The molecule has 142 valence electrons. The molecule has 0 saturated carbocycles. The van der Waals surface area contributed by atoms with Crippen molar-refractivity contribution in [1.29, 1.82) is 0 Å². The molecular weight excluding hydrogens is 404 g/mol. The predicted octanol–water partition coefficient (Wildman–Crippen LogP) is 6.92. The molecule has 4 aromatic rings. The summed E-state index contributed by atoms with van der Waals surface area (Å²) in [5.41, 5.74) is 4.89. The van der Waals surface area contributed by atoms with Crippen molar-refractivity contribution in [1.82, 2.24) is 9.38 Å². The number of halogens is 1. The first-order valence-electron chi connectivity index (χ1n) is 9.21. The van der Waals surface area contributed by atoms with Gasteiger partial charge in [0, 0.05) is 21.9 Å². The fourth-order valence-electron chi connectivity index (χ4n) is 3.06. The number of hydrogen-bond acceptors (Lipinski definition) is 3. The predicted molar refractivity (Wildman–Crippen MR) is 122 cm³/mol. The Morgan fingerprint density at radius 2 is 1.82 bits per heavy atom. The zero-order valence-electron chi connectivity index (χ0n) is 15.6. The molecule has 0 fully saturated rings. The Morgan fingerprint density at radius 1 is 1.04 bits per heavy atom. The van der Waals surface area contributed by atoms with E-state index < -0.39 is 0 Å². The topological polar surface area (TPSA) is 17.3 Å². The van der Waals surface area contributed by atoms with Gasteiger partial charge in [-0.25, -0.2) is 4.98 Å². The molecule has 2 nitrogen and oxygen atoms in total. The number of thioether (sulfide) groups is 1. The van der Waals surface area contributed by atoms with Crippen molar-refractivity contribution in [2.45, 2.75) is 28.9 Å². The summed E-state index contributed by atoms with van der Waals surface area (Å²) >= 11 is 9.70. The third-order valence-electron chi connectivity index (χ3n) is 4.45. The van der Waals surface area contributed by atoms with Crippen molar-refractivity contribution in [3.05, 3.63) is 94.9 Å². The molecule has 0 aliphatic carbocycles. The smallest absolute Gasteiger partial charge is 0.151 e. The highest BCUT2D eigenvalue weighted by Gasteiger charge is 2.10. The fourth-order valence-corrected chi connectivity index (χ4v) is 5.14. The van der Waals surface area contributed by atoms with E-state index in [9.17, 15) is 0 Å². The Bertz CT molecular complexity index is 1060. The second kappa shape index (κ2) is 9.08. The number of benzene rings is 2. The lowest BCUT2D eigenvalue weighted by atomic mass is 10.2. The minimum Gasteiger partial charge on any atom is -0.302 e. The molecule has 0 aliphatic heterocycles. The quantitative estimate of drug-likeness (QED) is 0.299. The molecule has 4 rings (SSSR count). The molecule has 0 unspecified atom stereocenters. The van der Waals surface area contributed by atoms with Crippen molar-refractivity contribution >= 4 is 40.8 Å². The number of rotatable bonds is 7. The van der Waals surface area contributed by atoms with E-state index in [-0.39, 0.29) is 0 Å². The van der Waals surface area contributed by atoms with E-state index in [1.54, 1.807) is 11.8 Å². The number of imidazole rings is 1. The van der Waals surface area contributed by atoms with Crippen LogP contribution in [-0.2, 0) is 12.2 Å². The third-order valence-corrected chi connectivity index (χ3v) is 6.73. The molecule has 28 heavy (non-hydrogen) atoms. The molecule has 2 aromatic heterocycles. The standard InChI is InChI=1S/C23H21ClN2S2/c1-17-13-22(28-21-9-7-19(24)8-10-21)23-25-14-20(26(23)15-17)16-27-12-11-18-5-3-2-4-6-18/h2-10,13-15H,11-12,16H2,1H3. The highest BCUT2D eigenvalue weighted by atomic mass is 35.5. The normalized spacial score (nSPS) is 11.2. The van der Waals surface area contributed by atoms with Crippen LogP contribution in [0.3, 0.4) is 0 Å². The van der Waals surface area contributed by atoms with Crippen molar-refractivity contribution in [2.24, 2.45) is 0 Å². The van der Waals surface area contributed by atoms with Gasteiger partial charge in [-0.2, -0.15) is 11.8 Å². The number of nitrogens with zero attached hydrogens (tertiary/aromatic N) is 2. The Balaban J connectivity index is 1.48. The largest absolute Gasteiger partial charge is 0.302 e. The number of pyridine rings is 1. The Hall–Kier alpha value is -1.88. The molecule has 0 atom stereocenters. The molecule has 0 N–H and O–H groups in total. The first-order chi connectivity index (χ1) is 13.7. The zero-order valence-corrected chi connectivity index (χ0v) is 18.0. The molecular formula is C23H21ClN2S2. The van der Waals surface area contributed by atoms with Crippen molar-refractivity contribution in [3.8, 4) is 0 Å². The van der Waals surface area contributed by atoms with Crippen molar-refractivity contribution in [2.75, 3.05) is 5.75 Å². The molecule has 0 saturated heterocycles. The molecule has 0 aliphatic rings. The van der Waals surface area contributed by atoms with Crippen LogP contribution in [0.5, 0.6) is 0 Å². The maximum absolute atomic E-state index is 6.01. The summed E-state index contributed by atoms with van der Waals surface area (Å²) in [7, 11) is 0. The number of aromatic nitrogens is 2. The van der Waals surface area contributed by atoms with Gasteiger partial charge >= 0.3 is 0 Å². The van der Waals surface area contributed by atoms with Crippen molar-refractivity contribution < 1.29 is 0 Å². The van der Waals surface area contributed by atoms with E-state index in [2.05, 4.69) is 66.1 Å². The van der Waals surface area contributed by atoms with E-state index >= 15 is 0 Å². The Morgan fingerprint density at radius 3 is 2.61 bits per heavy atom. The second-order valence-electron chi connectivity index (χ2n) is 6.67. The van der Waals surface area contributed by atoms with E-state index in [1.165, 1.54) is 26.6 Å². The minimum atomic E-state index is 0.759. The van der Waals surface area contributed by atoms with Gasteiger partial charge in [0.2, 0.25) is 0 Å². The van der Waals surface area contributed by atoms with Gasteiger partial charge in [0.1, 0.15) is 0 Å². The summed E-state index contributed by atoms with van der Waals surface area (Å²) in [6.45, 7) is 2.14. The van der Waals surface area contributed by atoms with Gasteiger partial charge in [0.25, 0.3) is 0 Å². The first kappa shape index (κ1) is 19.4. The minimum absolute atomic E-state index is 0.759. The van der Waals surface area contributed by atoms with E-state index in [0.29, 0.717) is 0 Å². The lowest BCUT2D eigenvalue weighted by Gasteiger charge is -2.08. The summed E-state index contributed by atoms with van der Waals surface area (Å²) in [5, 5.41) is 0.759. The van der Waals surface area contributed by atoms with Crippen LogP contribution in [0.15, 0.2) is 82.8 Å². The van der Waals surface area contributed by atoms with Gasteiger partial charge in [0.05, 0.1) is 16.8 Å². The maximum atomic E-state index is 6.01. The van der Waals surface area contributed by atoms with E-state index in [4.69, 9.17) is 16.6 Å². The average Bonchev–Trinajstić information content (AvgIpc) is 3.11. The third kappa shape index (κ3) is 4.75. The molecule has 2 heterocycles. The van der Waals surface area contributed by atoms with Gasteiger partial charge in [-0.15, -0.1) is 0 Å². The lowest BCUT2D eigenvalue weighted by Crippen LogP contribution is -1.95. The number of hydrogen-bond donors (Lipinski definition) is 0. The number of fused-ring (bicyclic) bond motifs is 1. The van der Waals surface area contributed by atoms with Crippen LogP contribution < -0.4 is 0 Å². The van der Waals surface area contributed by atoms with Crippen molar-refractivity contribution in [3.63, 3.8) is 0 Å². The summed E-state index contributed by atoms with van der Waals surface area (Å²) in [6, 6.07) is 20.8. The van der Waals surface area contributed by atoms with Crippen LogP contribution in [0, 0.1) is 6.92 Å². The number of aryl methyl sites for hydroxylation is 2. The Labute approximate surface area is 179 Å². The van der Waals surface area contributed by atoms with Crippen LogP contribution in [0.25, 0.3) is 5.65 Å². The summed E-state index contributed by atoms with van der Waals surface area (Å²) in [5.74, 6) is 2.07. The summed E-state index contributed by atoms with van der Waals surface area (Å²) in [6.07, 6.45) is 5.29. The maximum Gasteiger partial charge on any atom is 0.151 e. The van der Waals surface area contributed by atoms with Gasteiger partial charge in [-0.1, -0.05) is 53.7 Å². The lowest BCUT2D eigenvalue weighted by molar-refractivity contribution is 1.05. The molecule has 5 heteroatoms. The fraction of sp³-hybridized carbons (Fsp3) is 0.174. The van der Waals surface area contributed by atoms with Gasteiger partial charge < -0.3 is 4.40 Å². The van der Waals surface area contributed by atoms with Crippen LogP contribution in [0.2, 0.25) is 5.02 Å². The average molecular weight is 425 g/mol. The zero-order chi connectivity index (χ0) is 19.3. The molecule has 0 amide bonds. The van der Waals surface area contributed by atoms with Crippen LogP contribution in [-0.4, -0.2) is 15.1 Å². The van der Waals surface area contributed by atoms with Crippen LogP contribution in [0.4, 0.5) is 0 Å². The van der Waals surface area contributed by atoms with E-state index in [0.717, 1.165) is 28.6 Å². The Kier molecular flexibility index (Phi) is 6.30.